The number of halogens is 1. The van der Waals surface area contributed by atoms with Gasteiger partial charge in [-0.2, -0.15) is 0 Å². The van der Waals surface area contributed by atoms with E-state index in [1.165, 1.54) is 12.1 Å². The highest BCUT2D eigenvalue weighted by atomic mass is 19.1. The Morgan fingerprint density at radius 3 is 2.68 bits per heavy atom. The summed E-state index contributed by atoms with van der Waals surface area (Å²) in [6, 6.07) is 10.8. The first-order chi connectivity index (χ1) is 9.11. The van der Waals surface area contributed by atoms with Crippen molar-refractivity contribution < 1.29 is 14.3 Å². The van der Waals surface area contributed by atoms with Gasteiger partial charge in [-0.15, -0.1) is 0 Å². The Bertz CT molecular complexity index is 611. The van der Waals surface area contributed by atoms with E-state index in [0.717, 1.165) is 18.1 Å². The number of carbonyl (C=O) groups excluding carboxylic acids is 1. The van der Waals surface area contributed by atoms with Crippen LogP contribution in [-0.2, 0) is 6.42 Å². The van der Waals surface area contributed by atoms with Gasteiger partial charge in [0.1, 0.15) is 11.6 Å². The van der Waals surface area contributed by atoms with E-state index in [-0.39, 0.29) is 11.3 Å². The molecule has 2 rings (SSSR count). The van der Waals surface area contributed by atoms with Gasteiger partial charge in [-0.3, -0.25) is 4.79 Å². The lowest BCUT2D eigenvalue weighted by molar-refractivity contribution is 0.102. The molecule has 0 spiro atoms. The Balaban J connectivity index is 2.26. The molecule has 0 fully saturated rings. The second-order valence-corrected chi connectivity index (χ2v) is 4.13. The van der Waals surface area contributed by atoms with Gasteiger partial charge in [0.05, 0.1) is 5.56 Å². The van der Waals surface area contributed by atoms with Crippen LogP contribution in [0.1, 0.15) is 22.8 Å². The van der Waals surface area contributed by atoms with Crippen molar-refractivity contribution in [3.8, 4) is 5.75 Å². The van der Waals surface area contributed by atoms with Crippen molar-refractivity contribution in [2.75, 3.05) is 5.32 Å². The fraction of sp³-hybridized carbons (Fsp3) is 0.133. The largest absolute Gasteiger partial charge is 0.508 e. The molecule has 3 nitrogen and oxygen atoms in total. The molecule has 2 aromatic rings. The van der Waals surface area contributed by atoms with Crippen molar-refractivity contribution in [1.82, 2.24) is 0 Å². The minimum absolute atomic E-state index is 0.0938. The Hall–Kier alpha value is -2.36. The zero-order valence-corrected chi connectivity index (χ0v) is 10.5. The summed E-state index contributed by atoms with van der Waals surface area (Å²) >= 11 is 0. The van der Waals surface area contributed by atoms with E-state index in [9.17, 15) is 9.18 Å². The molecular weight excluding hydrogens is 245 g/mol. The smallest absolute Gasteiger partial charge is 0.258 e. The maximum absolute atomic E-state index is 13.6. The zero-order chi connectivity index (χ0) is 13.8. The van der Waals surface area contributed by atoms with Gasteiger partial charge in [0.25, 0.3) is 5.91 Å². The lowest BCUT2D eigenvalue weighted by Gasteiger charge is -2.10. The second-order valence-electron chi connectivity index (χ2n) is 4.13. The molecule has 0 aliphatic rings. The number of hydrogen-bond donors (Lipinski definition) is 2. The third kappa shape index (κ3) is 2.91. The first-order valence-electron chi connectivity index (χ1n) is 5.99. The number of phenols is 1. The summed E-state index contributed by atoms with van der Waals surface area (Å²) < 4.78 is 13.6. The third-order valence-corrected chi connectivity index (χ3v) is 2.84. The van der Waals surface area contributed by atoms with Crippen molar-refractivity contribution in [3.63, 3.8) is 0 Å². The van der Waals surface area contributed by atoms with Gasteiger partial charge in [-0.25, -0.2) is 4.39 Å². The average Bonchev–Trinajstić information content (AvgIpc) is 2.39. The number of carbonyl (C=O) groups is 1. The van der Waals surface area contributed by atoms with E-state index < -0.39 is 11.7 Å². The molecule has 2 aromatic carbocycles. The summed E-state index contributed by atoms with van der Waals surface area (Å²) in [7, 11) is 0. The summed E-state index contributed by atoms with van der Waals surface area (Å²) in [4.78, 5) is 12.0. The fourth-order valence-electron chi connectivity index (χ4n) is 1.83. The van der Waals surface area contributed by atoms with E-state index in [1.807, 2.05) is 25.1 Å². The molecular formula is C15H14FNO2. The number of aryl methyl sites for hydroxylation is 1. The van der Waals surface area contributed by atoms with Crippen molar-refractivity contribution in [2.24, 2.45) is 0 Å². The topological polar surface area (TPSA) is 49.3 Å². The molecule has 0 heterocycles. The van der Waals surface area contributed by atoms with Crippen LogP contribution in [0.15, 0.2) is 42.5 Å². The van der Waals surface area contributed by atoms with Crippen LogP contribution in [0.4, 0.5) is 10.1 Å². The maximum atomic E-state index is 13.6. The molecule has 98 valence electrons. The van der Waals surface area contributed by atoms with Crippen LogP contribution in [0.25, 0.3) is 0 Å². The molecule has 0 saturated carbocycles. The Morgan fingerprint density at radius 1 is 1.26 bits per heavy atom. The molecule has 0 aliphatic heterocycles. The lowest BCUT2D eigenvalue weighted by Crippen LogP contribution is -2.14. The summed E-state index contributed by atoms with van der Waals surface area (Å²) in [5.41, 5.74) is 1.56. The number of anilines is 1. The summed E-state index contributed by atoms with van der Waals surface area (Å²) in [6.45, 7) is 1.98. The number of benzene rings is 2. The summed E-state index contributed by atoms with van der Waals surface area (Å²) in [5.74, 6) is -1.48. The van der Waals surface area contributed by atoms with Crippen LogP contribution in [0, 0.1) is 5.82 Å². The van der Waals surface area contributed by atoms with Gasteiger partial charge >= 0.3 is 0 Å². The van der Waals surface area contributed by atoms with E-state index in [1.54, 1.807) is 6.07 Å². The Labute approximate surface area is 110 Å². The van der Waals surface area contributed by atoms with Crippen molar-refractivity contribution in [3.05, 3.63) is 59.4 Å². The SMILES string of the molecule is CCc1ccccc1NC(=O)c1ccc(O)cc1F. The lowest BCUT2D eigenvalue weighted by atomic mass is 10.1. The molecule has 4 heteroatoms. The predicted octanol–water partition coefficient (Wildman–Crippen LogP) is 3.35. The first kappa shape index (κ1) is 13.1. The van der Waals surface area contributed by atoms with Gasteiger partial charge in [-0.05, 0) is 30.2 Å². The minimum atomic E-state index is -0.744. The standard InChI is InChI=1S/C15H14FNO2/c1-2-10-5-3-4-6-14(10)17-15(19)12-8-7-11(18)9-13(12)16/h3-9,18H,2H2,1H3,(H,17,19). The monoisotopic (exact) mass is 259 g/mol. The quantitative estimate of drug-likeness (QED) is 0.888. The fourth-order valence-corrected chi connectivity index (χ4v) is 1.83. The van der Waals surface area contributed by atoms with Gasteiger partial charge in [0.2, 0.25) is 0 Å². The molecule has 0 radical (unpaired) electrons. The molecule has 0 saturated heterocycles. The summed E-state index contributed by atoms with van der Waals surface area (Å²) in [6.07, 6.45) is 0.772. The van der Waals surface area contributed by atoms with Crippen LogP contribution < -0.4 is 5.32 Å². The van der Waals surface area contributed by atoms with Gasteiger partial charge in [-0.1, -0.05) is 25.1 Å². The number of phenolic OH excluding ortho intramolecular Hbond substituents is 1. The molecule has 0 aromatic heterocycles. The molecule has 0 aliphatic carbocycles. The molecule has 1 amide bonds. The van der Waals surface area contributed by atoms with E-state index in [4.69, 9.17) is 5.11 Å². The average molecular weight is 259 g/mol. The van der Waals surface area contributed by atoms with Crippen LogP contribution in [0.5, 0.6) is 5.75 Å². The van der Waals surface area contributed by atoms with E-state index >= 15 is 0 Å². The number of rotatable bonds is 3. The van der Waals surface area contributed by atoms with Crippen LogP contribution in [-0.4, -0.2) is 11.0 Å². The second kappa shape index (κ2) is 5.52. The normalized spacial score (nSPS) is 10.2. The van der Waals surface area contributed by atoms with E-state index in [0.29, 0.717) is 5.69 Å². The molecule has 19 heavy (non-hydrogen) atoms. The van der Waals surface area contributed by atoms with Crippen LogP contribution >= 0.6 is 0 Å². The third-order valence-electron chi connectivity index (χ3n) is 2.84. The Kier molecular flexibility index (Phi) is 3.80. The Morgan fingerprint density at radius 2 is 2.00 bits per heavy atom. The molecule has 2 N–H and O–H groups in total. The number of para-hydroxylation sites is 1. The highest BCUT2D eigenvalue weighted by Crippen LogP contribution is 2.19. The van der Waals surface area contributed by atoms with Gasteiger partial charge < -0.3 is 10.4 Å². The van der Waals surface area contributed by atoms with Gasteiger partial charge in [0, 0.05) is 11.8 Å². The number of nitrogens with one attached hydrogen (secondary N) is 1. The number of amides is 1. The maximum Gasteiger partial charge on any atom is 0.258 e. The van der Waals surface area contributed by atoms with Crippen LogP contribution in [0.2, 0.25) is 0 Å². The highest BCUT2D eigenvalue weighted by molar-refractivity contribution is 6.04. The molecule has 0 bridgehead atoms. The summed E-state index contributed by atoms with van der Waals surface area (Å²) in [5, 5.41) is 11.8. The van der Waals surface area contributed by atoms with Crippen molar-refractivity contribution in [1.29, 1.82) is 0 Å². The predicted molar refractivity (Wildman–Crippen MR) is 71.8 cm³/mol. The van der Waals surface area contributed by atoms with Crippen molar-refractivity contribution in [2.45, 2.75) is 13.3 Å². The minimum Gasteiger partial charge on any atom is -0.508 e. The first-order valence-corrected chi connectivity index (χ1v) is 5.99. The molecule has 0 unspecified atom stereocenters. The number of hydrogen-bond acceptors (Lipinski definition) is 2. The van der Waals surface area contributed by atoms with E-state index in [2.05, 4.69) is 5.32 Å². The van der Waals surface area contributed by atoms with Crippen molar-refractivity contribution >= 4 is 11.6 Å². The zero-order valence-electron chi connectivity index (χ0n) is 10.5. The highest BCUT2D eigenvalue weighted by Gasteiger charge is 2.13. The molecule has 0 atom stereocenters. The van der Waals surface area contributed by atoms with Gasteiger partial charge in [0.15, 0.2) is 0 Å². The van der Waals surface area contributed by atoms with Crippen LogP contribution in [0.3, 0.4) is 0 Å². The number of aromatic hydroxyl groups is 1.